The molecule has 0 aliphatic carbocycles. The lowest BCUT2D eigenvalue weighted by molar-refractivity contribution is 0.0450. The van der Waals surface area contributed by atoms with Crippen molar-refractivity contribution in [2.45, 2.75) is 57.9 Å². The van der Waals surface area contributed by atoms with E-state index in [1.54, 1.807) is 0 Å². The molecule has 7 heteroatoms. The maximum atomic E-state index is 4.95. The summed E-state index contributed by atoms with van der Waals surface area (Å²) in [5.74, 6) is 1.05. The first-order valence-electron chi connectivity index (χ1n) is 10.6. The van der Waals surface area contributed by atoms with Gasteiger partial charge in [-0.05, 0) is 31.9 Å². The number of nitrogens with zero attached hydrogens (tertiary/aromatic N) is 6. The average molecular weight is 370 g/mol. The Hall–Kier alpha value is -1.70. The van der Waals surface area contributed by atoms with Crippen LogP contribution in [-0.4, -0.2) is 73.2 Å². The Morgan fingerprint density at radius 3 is 2.93 bits per heavy atom. The summed E-state index contributed by atoms with van der Waals surface area (Å²) >= 11 is 0. The van der Waals surface area contributed by atoms with Crippen molar-refractivity contribution in [3.63, 3.8) is 0 Å². The van der Waals surface area contributed by atoms with E-state index < -0.39 is 0 Å². The van der Waals surface area contributed by atoms with Crippen LogP contribution in [0, 0.1) is 0 Å². The Balaban J connectivity index is 1.22. The number of piperidine rings is 1. The molecule has 0 amide bonds. The number of aryl methyl sites for hydroxylation is 1. The van der Waals surface area contributed by atoms with Gasteiger partial charge < -0.3 is 4.98 Å². The van der Waals surface area contributed by atoms with E-state index in [1.165, 1.54) is 56.8 Å². The fourth-order valence-corrected chi connectivity index (χ4v) is 4.99. The van der Waals surface area contributed by atoms with Gasteiger partial charge in [0.1, 0.15) is 5.82 Å². The van der Waals surface area contributed by atoms with Crippen LogP contribution in [0.1, 0.15) is 42.9 Å². The molecular weight excluding hydrogens is 338 g/mol. The van der Waals surface area contributed by atoms with Crippen molar-refractivity contribution < 1.29 is 0 Å². The topological polar surface area (TPSA) is 56.2 Å². The van der Waals surface area contributed by atoms with E-state index in [1.807, 2.05) is 12.4 Å². The number of hydrogen-bond donors (Lipinski definition) is 1. The molecule has 2 aromatic rings. The molecular formula is C20H31N7. The summed E-state index contributed by atoms with van der Waals surface area (Å²) in [4.78, 5) is 15.4. The number of imidazole rings is 1. The normalized spacial score (nSPS) is 25.1. The number of piperazine rings is 1. The minimum absolute atomic E-state index is 0.775. The third-order valence-electron chi connectivity index (χ3n) is 6.38. The van der Waals surface area contributed by atoms with Crippen LogP contribution in [0.3, 0.4) is 0 Å². The molecule has 2 aromatic heterocycles. The first kappa shape index (κ1) is 17.4. The molecule has 1 N–H and O–H groups in total. The lowest BCUT2D eigenvalue weighted by atomic mass is 9.99. The molecule has 0 bridgehead atoms. The highest BCUT2D eigenvalue weighted by Crippen LogP contribution is 2.23. The largest absolute Gasteiger partial charge is 0.348 e. The maximum absolute atomic E-state index is 4.95. The number of rotatable bonds is 4. The quantitative estimate of drug-likeness (QED) is 0.889. The zero-order valence-corrected chi connectivity index (χ0v) is 16.2. The molecule has 2 fully saturated rings. The molecule has 5 rings (SSSR count). The lowest BCUT2D eigenvalue weighted by Gasteiger charge is -2.43. The van der Waals surface area contributed by atoms with Gasteiger partial charge in [0.2, 0.25) is 0 Å². The van der Waals surface area contributed by atoms with E-state index in [0.29, 0.717) is 0 Å². The zero-order chi connectivity index (χ0) is 18.1. The molecule has 3 aliphatic rings. The summed E-state index contributed by atoms with van der Waals surface area (Å²) in [6.07, 6.45) is 9.05. The molecule has 0 spiro atoms. The molecule has 0 aromatic carbocycles. The van der Waals surface area contributed by atoms with Crippen LogP contribution in [0.4, 0.5) is 0 Å². The summed E-state index contributed by atoms with van der Waals surface area (Å²) < 4.78 is 2.24. The van der Waals surface area contributed by atoms with Gasteiger partial charge in [-0.1, -0.05) is 6.42 Å². The van der Waals surface area contributed by atoms with Gasteiger partial charge in [0.15, 0.2) is 0 Å². The van der Waals surface area contributed by atoms with Gasteiger partial charge >= 0.3 is 0 Å². The standard InChI is InChI=1S/C20H31N7/c1-2-8-26-11-10-25(14-18(26)4-1)13-17-12-19-15-24(7-3-9-27(19)23-17)16-20-21-5-6-22-20/h5-6,12,18H,1-4,7-11,13-16H2,(H,21,22)/t18-/m0/s1. The zero-order valence-electron chi connectivity index (χ0n) is 16.2. The van der Waals surface area contributed by atoms with Crippen molar-refractivity contribution in [1.29, 1.82) is 0 Å². The van der Waals surface area contributed by atoms with E-state index in [-0.39, 0.29) is 0 Å². The van der Waals surface area contributed by atoms with Crippen molar-refractivity contribution >= 4 is 0 Å². The van der Waals surface area contributed by atoms with E-state index in [0.717, 1.165) is 51.0 Å². The highest BCUT2D eigenvalue weighted by Gasteiger charge is 2.29. The van der Waals surface area contributed by atoms with Gasteiger partial charge in [-0.25, -0.2) is 4.98 Å². The molecule has 7 nitrogen and oxygen atoms in total. The third-order valence-corrected chi connectivity index (χ3v) is 6.38. The van der Waals surface area contributed by atoms with Crippen LogP contribution in [0.15, 0.2) is 18.5 Å². The second kappa shape index (κ2) is 7.73. The van der Waals surface area contributed by atoms with Crippen molar-refractivity contribution in [1.82, 2.24) is 34.4 Å². The smallest absolute Gasteiger partial charge is 0.120 e. The minimum Gasteiger partial charge on any atom is -0.348 e. The minimum atomic E-state index is 0.775. The molecule has 27 heavy (non-hydrogen) atoms. The highest BCUT2D eigenvalue weighted by atomic mass is 15.3. The summed E-state index contributed by atoms with van der Waals surface area (Å²) in [5.41, 5.74) is 2.60. The maximum Gasteiger partial charge on any atom is 0.120 e. The fourth-order valence-electron chi connectivity index (χ4n) is 4.99. The van der Waals surface area contributed by atoms with E-state index in [4.69, 9.17) is 5.10 Å². The first-order chi connectivity index (χ1) is 13.3. The van der Waals surface area contributed by atoms with Crippen LogP contribution in [-0.2, 0) is 26.2 Å². The van der Waals surface area contributed by atoms with Crippen LogP contribution in [0.2, 0.25) is 0 Å². The van der Waals surface area contributed by atoms with Gasteiger partial charge in [0.25, 0.3) is 0 Å². The van der Waals surface area contributed by atoms with E-state index in [9.17, 15) is 0 Å². The van der Waals surface area contributed by atoms with Gasteiger partial charge in [0.05, 0.1) is 17.9 Å². The monoisotopic (exact) mass is 369 g/mol. The Kier molecular flexibility index (Phi) is 4.98. The van der Waals surface area contributed by atoms with Crippen LogP contribution in [0.25, 0.3) is 0 Å². The number of aromatic nitrogens is 4. The summed E-state index contributed by atoms with van der Waals surface area (Å²) in [5, 5.41) is 4.95. The second-order valence-electron chi connectivity index (χ2n) is 8.37. The summed E-state index contributed by atoms with van der Waals surface area (Å²) in [6.45, 7) is 9.92. The van der Waals surface area contributed by atoms with E-state index >= 15 is 0 Å². The lowest BCUT2D eigenvalue weighted by Crippen LogP contribution is -2.54. The number of fused-ring (bicyclic) bond motifs is 2. The average Bonchev–Trinajstić information content (AvgIpc) is 3.28. The molecule has 146 valence electrons. The number of nitrogens with one attached hydrogen (secondary N) is 1. The van der Waals surface area contributed by atoms with Crippen molar-refractivity contribution in [2.24, 2.45) is 0 Å². The predicted molar refractivity (Wildman–Crippen MR) is 104 cm³/mol. The number of hydrogen-bond acceptors (Lipinski definition) is 5. The molecule has 3 aliphatic heterocycles. The van der Waals surface area contributed by atoms with Gasteiger partial charge in [-0.3, -0.25) is 19.4 Å². The first-order valence-corrected chi connectivity index (χ1v) is 10.6. The SMILES string of the molecule is c1c[nH]c(CN2CCCn3nc(CN4CCN5CCCC[C@H]5C4)cc3C2)n1. The van der Waals surface area contributed by atoms with Gasteiger partial charge in [-0.2, -0.15) is 5.10 Å². The predicted octanol–water partition coefficient (Wildman–Crippen LogP) is 1.68. The molecule has 0 radical (unpaired) electrons. The second-order valence-corrected chi connectivity index (χ2v) is 8.37. The van der Waals surface area contributed by atoms with E-state index in [2.05, 4.69) is 35.4 Å². The Morgan fingerprint density at radius 2 is 2.00 bits per heavy atom. The van der Waals surface area contributed by atoms with Crippen molar-refractivity contribution in [3.8, 4) is 0 Å². The third kappa shape index (κ3) is 3.95. The molecule has 1 atom stereocenters. The number of H-pyrrole nitrogens is 1. The van der Waals surface area contributed by atoms with Crippen molar-refractivity contribution in [3.05, 3.63) is 35.7 Å². The molecule has 5 heterocycles. The Morgan fingerprint density at radius 1 is 1.00 bits per heavy atom. The summed E-state index contributed by atoms with van der Waals surface area (Å²) in [7, 11) is 0. The fraction of sp³-hybridized carbons (Fsp3) is 0.700. The van der Waals surface area contributed by atoms with Crippen LogP contribution < -0.4 is 0 Å². The Labute approximate surface area is 161 Å². The molecule has 0 saturated carbocycles. The van der Waals surface area contributed by atoms with Crippen LogP contribution in [0.5, 0.6) is 0 Å². The van der Waals surface area contributed by atoms with Crippen LogP contribution >= 0.6 is 0 Å². The van der Waals surface area contributed by atoms with Gasteiger partial charge in [-0.15, -0.1) is 0 Å². The highest BCUT2D eigenvalue weighted by molar-refractivity contribution is 5.12. The molecule has 2 saturated heterocycles. The van der Waals surface area contributed by atoms with Gasteiger partial charge in [0, 0.05) is 64.2 Å². The number of aromatic amines is 1. The summed E-state index contributed by atoms with van der Waals surface area (Å²) in [6, 6.07) is 3.12. The van der Waals surface area contributed by atoms with Crippen molar-refractivity contribution in [2.75, 3.05) is 32.7 Å². The Bertz CT molecular complexity index is 738. The molecule has 0 unspecified atom stereocenters.